The number of benzene rings is 1. The molecule has 0 aliphatic heterocycles. The monoisotopic (exact) mass is 193 g/mol. The number of nitrogens with zero attached hydrogens (tertiary/aromatic N) is 1. The van der Waals surface area contributed by atoms with Crippen molar-refractivity contribution >= 4 is 11.6 Å². The lowest BCUT2D eigenvalue weighted by atomic mass is 10.2. The van der Waals surface area contributed by atoms with Crippen LogP contribution in [-0.2, 0) is 0 Å². The third-order valence-corrected chi connectivity index (χ3v) is 1.93. The summed E-state index contributed by atoms with van der Waals surface area (Å²) in [5.74, 6) is 1.41. The number of aromatic nitrogens is 1. The van der Waals surface area contributed by atoms with Crippen molar-refractivity contribution in [3.63, 3.8) is 0 Å². The summed E-state index contributed by atoms with van der Waals surface area (Å²) in [6.45, 7) is 1.86. The van der Waals surface area contributed by atoms with Crippen molar-refractivity contribution in [1.82, 2.24) is 4.98 Å². The lowest BCUT2D eigenvalue weighted by Crippen LogP contribution is -1.75. The van der Waals surface area contributed by atoms with Crippen LogP contribution in [-0.4, -0.2) is 4.98 Å². The second-order valence-electron chi connectivity index (χ2n) is 2.79. The van der Waals surface area contributed by atoms with Crippen molar-refractivity contribution in [1.29, 1.82) is 0 Å². The summed E-state index contributed by atoms with van der Waals surface area (Å²) in [5, 5.41) is 0.688. The summed E-state index contributed by atoms with van der Waals surface area (Å²) < 4.78 is 5.35. The molecule has 0 saturated heterocycles. The molecule has 0 unspecified atom stereocenters. The predicted octanol–water partition coefficient (Wildman–Crippen LogP) is 3.30. The fourth-order valence-electron chi connectivity index (χ4n) is 1.11. The van der Waals surface area contributed by atoms with E-state index < -0.39 is 0 Å². The van der Waals surface area contributed by atoms with Crippen LogP contribution in [0.15, 0.2) is 34.9 Å². The molecule has 0 atom stereocenters. The van der Waals surface area contributed by atoms with Crippen molar-refractivity contribution in [3.05, 3.63) is 41.2 Å². The van der Waals surface area contributed by atoms with E-state index >= 15 is 0 Å². The molecule has 2 rings (SSSR count). The summed E-state index contributed by atoms with van der Waals surface area (Å²) in [7, 11) is 0. The zero-order valence-electron chi connectivity index (χ0n) is 7.12. The topological polar surface area (TPSA) is 26.0 Å². The van der Waals surface area contributed by atoms with E-state index in [4.69, 9.17) is 16.0 Å². The average molecular weight is 194 g/mol. The standard InChI is InChI=1S/C10H8ClNO/c1-7-6-12-10(13-7)8-3-2-4-9(11)5-8/h2-6H,1H3. The van der Waals surface area contributed by atoms with Gasteiger partial charge in [0.1, 0.15) is 5.76 Å². The molecule has 0 saturated carbocycles. The van der Waals surface area contributed by atoms with Gasteiger partial charge in [0.05, 0.1) is 6.20 Å². The Hall–Kier alpha value is -1.28. The van der Waals surface area contributed by atoms with Gasteiger partial charge in [-0.3, -0.25) is 0 Å². The van der Waals surface area contributed by atoms with Crippen LogP contribution >= 0.6 is 11.6 Å². The summed E-state index contributed by atoms with van der Waals surface area (Å²) in [6.07, 6.45) is 1.69. The third-order valence-electron chi connectivity index (χ3n) is 1.69. The van der Waals surface area contributed by atoms with Crippen LogP contribution < -0.4 is 0 Å². The molecule has 1 aromatic carbocycles. The van der Waals surface area contributed by atoms with E-state index in [-0.39, 0.29) is 0 Å². The first-order chi connectivity index (χ1) is 6.25. The van der Waals surface area contributed by atoms with Crippen LogP contribution in [0.25, 0.3) is 11.5 Å². The molecule has 0 N–H and O–H groups in total. The molecule has 2 aromatic rings. The van der Waals surface area contributed by atoms with Gasteiger partial charge in [-0.1, -0.05) is 17.7 Å². The predicted molar refractivity (Wildman–Crippen MR) is 51.7 cm³/mol. The number of halogens is 1. The molecule has 3 heteroatoms. The first-order valence-electron chi connectivity index (χ1n) is 3.94. The van der Waals surface area contributed by atoms with Gasteiger partial charge >= 0.3 is 0 Å². The largest absolute Gasteiger partial charge is 0.441 e. The number of rotatable bonds is 1. The van der Waals surface area contributed by atoms with Gasteiger partial charge in [0.25, 0.3) is 0 Å². The van der Waals surface area contributed by atoms with Crippen molar-refractivity contribution in [3.8, 4) is 11.5 Å². The Labute approximate surface area is 81.2 Å². The van der Waals surface area contributed by atoms with Crippen LogP contribution in [0.5, 0.6) is 0 Å². The smallest absolute Gasteiger partial charge is 0.226 e. The normalized spacial score (nSPS) is 10.3. The van der Waals surface area contributed by atoms with Crippen LogP contribution in [0.4, 0.5) is 0 Å². The zero-order valence-corrected chi connectivity index (χ0v) is 7.88. The van der Waals surface area contributed by atoms with Gasteiger partial charge in [-0.05, 0) is 25.1 Å². The van der Waals surface area contributed by atoms with E-state index in [0.717, 1.165) is 11.3 Å². The number of hydrogen-bond donors (Lipinski definition) is 0. The molecule has 0 aliphatic rings. The summed E-state index contributed by atoms with van der Waals surface area (Å²) in [5.41, 5.74) is 0.903. The highest BCUT2D eigenvalue weighted by molar-refractivity contribution is 6.30. The molecule has 13 heavy (non-hydrogen) atoms. The molecular weight excluding hydrogens is 186 g/mol. The van der Waals surface area contributed by atoms with E-state index in [9.17, 15) is 0 Å². The molecule has 0 aliphatic carbocycles. The zero-order chi connectivity index (χ0) is 9.26. The van der Waals surface area contributed by atoms with Gasteiger partial charge in [-0.2, -0.15) is 0 Å². The SMILES string of the molecule is Cc1cnc(-c2cccc(Cl)c2)o1. The molecule has 2 nitrogen and oxygen atoms in total. The fraction of sp³-hybridized carbons (Fsp3) is 0.100. The van der Waals surface area contributed by atoms with Crippen LogP contribution in [0, 0.1) is 6.92 Å². The molecule has 0 radical (unpaired) electrons. The molecular formula is C10H8ClNO. The van der Waals surface area contributed by atoms with Crippen molar-refractivity contribution in [2.24, 2.45) is 0 Å². The highest BCUT2D eigenvalue weighted by atomic mass is 35.5. The van der Waals surface area contributed by atoms with Crippen molar-refractivity contribution in [2.75, 3.05) is 0 Å². The maximum Gasteiger partial charge on any atom is 0.226 e. The van der Waals surface area contributed by atoms with E-state index in [1.54, 1.807) is 6.20 Å². The summed E-state index contributed by atoms with van der Waals surface area (Å²) >= 11 is 5.83. The number of oxazole rings is 1. The highest BCUT2D eigenvalue weighted by Gasteiger charge is 2.03. The third kappa shape index (κ3) is 1.73. The van der Waals surface area contributed by atoms with Crippen molar-refractivity contribution in [2.45, 2.75) is 6.92 Å². The van der Waals surface area contributed by atoms with Gasteiger partial charge in [0, 0.05) is 10.6 Å². The maximum atomic E-state index is 5.83. The van der Waals surface area contributed by atoms with Gasteiger partial charge in [0.15, 0.2) is 0 Å². The second kappa shape index (κ2) is 3.23. The fourth-order valence-corrected chi connectivity index (χ4v) is 1.30. The lowest BCUT2D eigenvalue weighted by Gasteiger charge is -1.94. The average Bonchev–Trinajstić information content (AvgIpc) is 2.52. The molecule has 0 bridgehead atoms. The minimum absolute atomic E-state index is 0.611. The second-order valence-corrected chi connectivity index (χ2v) is 3.22. The highest BCUT2D eigenvalue weighted by Crippen LogP contribution is 2.21. The van der Waals surface area contributed by atoms with Crippen LogP contribution in [0.1, 0.15) is 5.76 Å². The Kier molecular flexibility index (Phi) is 2.07. The summed E-state index contributed by atoms with van der Waals surface area (Å²) in [6, 6.07) is 7.43. The first-order valence-corrected chi connectivity index (χ1v) is 4.32. The Bertz CT molecular complexity index is 422. The van der Waals surface area contributed by atoms with Crippen LogP contribution in [0.2, 0.25) is 5.02 Å². The number of aryl methyl sites for hydroxylation is 1. The Morgan fingerprint density at radius 2 is 2.23 bits per heavy atom. The minimum atomic E-state index is 0.611. The summed E-state index contributed by atoms with van der Waals surface area (Å²) in [4.78, 5) is 4.10. The number of hydrogen-bond acceptors (Lipinski definition) is 2. The molecule has 0 amide bonds. The van der Waals surface area contributed by atoms with Crippen LogP contribution in [0.3, 0.4) is 0 Å². The molecule has 0 fully saturated rings. The molecule has 0 spiro atoms. The Morgan fingerprint density at radius 1 is 1.38 bits per heavy atom. The van der Waals surface area contributed by atoms with Gasteiger partial charge in [0.2, 0.25) is 5.89 Å². The quantitative estimate of drug-likeness (QED) is 0.695. The lowest BCUT2D eigenvalue weighted by molar-refractivity contribution is 0.542. The molecule has 66 valence electrons. The van der Waals surface area contributed by atoms with E-state index in [1.165, 1.54) is 0 Å². The maximum absolute atomic E-state index is 5.83. The minimum Gasteiger partial charge on any atom is -0.441 e. The van der Waals surface area contributed by atoms with E-state index in [2.05, 4.69) is 4.98 Å². The Balaban J connectivity index is 2.46. The first kappa shape index (κ1) is 8.32. The van der Waals surface area contributed by atoms with E-state index in [1.807, 2.05) is 31.2 Å². The van der Waals surface area contributed by atoms with Gasteiger partial charge in [-0.15, -0.1) is 0 Å². The molecule has 1 heterocycles. The van der Waals surface area contributed by atoms with Gasteiger partial charge < -0.3 is 4.42 Å². The van der Waals surface area contributed by atoms with Crippen molar-refractivity contribution < 1.29 is 4.42 Å². The Morgan fingerprint density at radius 3 is 2.85 bits per heavy atom. The van der Waals surface area contributed by atoms with E-state index in [0.29, 0.717) is 10.9 Å². The molecule has 1 aromatic heterocycles. The van der Waals surface area contributed by atoms with Gasteiger partial charge in [-0.25, -0.2) is 4.98 Å².